The number of nitrogens with zero attached hydrogens (tertiary/aromatic N) is 3. The highest BCUT2D eigenvalue weighted by atomic mass is 16.6. The van der Waals surface area contributed by atoms with E-state index in [1.165, 1.54) is 0 Å². The first-order valence-electron chi connectivity index (χ1n) is 8.86. The summed E-state index contributed by atoms with van der Waals surface area (Å²) in [7, 11) is 0. The van der Waals surface area contributed by atoms with Crippen LogP contribution in [0.2, 0.25) is 0 Å². The van der Waals surface area contributed by atoms with Crippen LogP contribution < -0.4 is 10.2 Å². The van der Waals surface area contributed by atoms with Gasteiger partial charge in [-0.15, -0.1) is 0 Å². The fourth-order valence-corrected chi connectivity index (χ4v) is 3.44. The predicted molar refractivity (Wildman–Crippen MR) is 94.2 cm³/mol. The van der Waals surface area contributed by atoms with E-state index < -0.39 is 5.60 Å². The van der Waals surface area contributed by atoms with Gasteiger partial charge >= 0.3 is 6.09 Å². The van der Waals surface area contributed by atoms with E-state index >= 15 is 0 Å². The molecule has 3 heterocycles. The smallest absolute Gasteiger partial charge is 0.410 e. The third-order valence-electron chi connectivity index (χ3n) is 4.47. The van der Waals surface area contributed by atoms with E-state index in [9.17, 15) is 4.79 Å². The average molecular weight is 332 g/mol. The molecule has 3 rings (SSSR count). The molecule has 0 spiro atoms. The number of nitrogens with one attached hydrogen (secondary N) is 1. The number of hydrogen-bond donors (Lipinski definition) is 1. The van der Waals surface area contributed by atoms with Crippen LogP contribution >= 0.6 is 0 Å². The molecule has 132 valence electrons. The zero-order chi connectivity index (χ0) is 17.2. The number of piperazine rings is 1. The highest BCUT2D eigenvalue weighted by Crippen LogP contribution is 2.37. The van der Waals surface area contributed by atoms with Gasteiger partial charge in [-0.2, -0.15) is 0 Å². The number of likely N-dealkylation sites (tertiary alicyclic amines) is 1. The van der Waals surface area contributed by atoms with E-state index in [-0.39, 0.29) is 12.1 Å². The summed E-state index contributed by atoms with van der Waals surface area (Å²) in [5.74, 6) is 1.01. The van der Waals surface area contributed by atoms with Crippen molar-refractivity contribution in [2.75, 3.05) is 37.6 Å². The second-order valence-corrected chi connectivity index (χ2v) is 7.49. The summed E-state index contributed by atoms with van der Waals surface area (Å²) in [4.78, 5) is 21.4. The van der Waals surface area contributed by atoms with Crippen molar-refractivity contribution in [3.63, 3.8) is 0 Å². The van der Waals surface area contributed by atoms with Crippen LogP contribution in [-0.2, 0) is 4.74 Å². The molecule has 1 atom stereocenters. The van der Waals surface area contributed by atoms with Crippen LogP contribution in [0.1, 0.15) is 45.2 Å². The molecule has 6 heteroatoms. The quantitative estimate of drug-likeness (QED) is 0.902. The molecule has 2 saturated heterocycles. The fraction of sp³-hybridized carbons (Fsp3) is 0.667. The zero-order valence-electron chi connectivity index (χ0n) is 14.9. The van der Waals surface area contributed by atoms with Crippen molar-refractivity contribution in [1.29, 1.82) is 0 Å². The first-order chi connectivity index (χ1) is 11.5. The fourth-order valence-electron chi connectivity index (χ4n) is 3.44. The van der Waals surface area contributed by atoms with Crippen LogP contribution in [0.15, 0.2) is 18.3 Å². The van der Waals surface area contributed by atoms with Crippen LogP contribution in [0, 0.1) is 0 Å². The third kappa shape index (κ3) is 3.80. The van der Waals surface area contributed by atoms with Crippen LogP contribution in [0.5, 0.6) is 0 Å². The van der Waals surface area contributed by atoms with Crippen molar-refractivity contribution in [2.45, 2.75) is 45.3 Å². The molecule has 2 fully saturated rings. The van der Waals surface area contributed by atoms with Crippen molar-refractivity contribution in [1.82, 2.24) is 15.2 Å². The molecule has 0 bridgehead atoms. The summed E-state index contributed by atoms with van der Waals surface area (Å²) >= 11 is 0. The van der Waals surface area contributed by atoms with Gasteiger partial charge in [0.2, 0.25) is 0 Å². The maximum atomic E-state index is 12.6. The lowest BCUT2D eigenvalue weighted by atomic mass is 10.0. The standard InChI is InChI=1S/C18H28N4O2/c1-18(2,3)24-17(23)22-11-5-7-15(22)14-6-4-8-20-16(14)21-12-9-19-10-13-21/h4,6,8,15,19H,5,7,9-13H2,1-3H3/t15-/m1/s1. The average Bonchev–Trinajstić information content (AvgIpc) is 3.04. The van der Waals surface area contributed by atoms with Gasteiger partial charge in [0.1, 0.15) is 11.4 Å². The molecule has 0 saturated carbocycles. The molecule has 0 unspecified atom stereocenters. The molecular formula is C18H28N4O2. The minimum absolute atomic E-state index is 0.0541. The second kappa shape index (κ2) is 6.97. The number of ether oxygens (including phenoxy) is 1. The molecule has 0 aliphatic carbocycles. The van der Waals surface area contributed by atoms with E-state index in [1.54, 1.807) is 0 Å². The van der Waals surface area contributed by atoms with Gasteiger partial charge in [-0.3, -0.25) is 0 Å². The molecule has 0 radical (unpaired) electrons. The molecule has 1 aromatic heterocycles. The van der Waals surface area contributed by atoms with Crippen LogP contribution in [0.3, 0.4) is 0 Å². The van der Waals surface area contributed by atoms with Crippen molar-refractivity contribution in [2.24, 2.45) is 0 Å². The summed E-state index contributed by atoms with van der Waals surface area (Å²) in [5.41, 5.74) is 0.670. The highest BCUT2D eigenvalue weighted by molar-refractivity contribution is 5.70. The first-order valence-corrected chi connectivity index (χ1v) is 8.86. The Kier molecular flexibility index (Phi) is 4.94. The number of amides is 1. The van der Waals surface area contributed by atoms with Gasteiger partial charge in [0.05, 0.1) is 6.04 Å². The molecule has 1 aromatic rings. The number of carbonyl (C=O) groups excluding carboxylic acids is 1. The minimum Gasteiger partial charge on any atom is -0.444 e. The number of rotatable bonds is 2. The molecule has 0 aromatic carbocycles. The largest absolute Gasteiger partial charge is 0.444 e. The van der Waals surface area contributed by atoms with Gasteiger partial charge in [0.25, 0.3) is 0 Å². The minimum atomic E-state index is -0.472. The lowest BCUT2D eigenvalue weighted by Crippen LogP contribution is -2.44. The lowest BCUT2D eigenvalue weighted by molar-refractivity contribution is 0.0224. The molecule has 2 aliphatic heterocycles. The van der Waals surface area contributed by atoms with Crippen molar-refractivity contribution >= 4 is 11.9 Å². The van der Waals surface area contributed by atoms with E-state index in [0.717, 1.165) is 56.9 Å². The zero-order valence-corrected chi connectivity index (χ0v) is 14.9. The first kappa shape index (κ1) is 17.0. The molecular weight excluding hydrogens is 304 g/mol. The molecule has 6 nitrogen and oxygen atoms in total. The maximum Gasteiger partial charge on any atom is 0.410 e. The SMILES string of the molecule is CC(C)(C)OC(=O)N1CCC[C@@H]1c1cccnc1N1CCNCC1. The van der Waals surface area contributed by atoms with Gasteiger partial charge in [-0.25, -0.2) is 9.78 Å². The number of carbonyl (C=O) groups is 1. The molecule has 24 heavy (non-hydrogen) atoms. The van der Waals surface area contributed by atoms with Crippen molar-refractivity contribution in [3.05, 3.63) is 23.9 Å². The van der Waals surface area contributed by atoms with Gasteiger partial charge < -0.3 is 19.9 Å². The van der Waals surface area contributed by atoms with Crippen molar-refractivity contribution in [3.8, 4) is 0 Å². The Morgan fingerprint density at radius 1 is 1.29 bits per heavy atom. The third-order valence-corrected chi connectivity index (χ3v) is 4.47. The van der Waals surface area contributed by atoms with Crippen LogP contribution in [-0.4, -0.2) is 54.3 Å². The van der Waals surface area contributed by atoms with E-state index in [4.69, 9.17) is 4.74 Å². The Bertz CT molecular complexity index is 579. The van der Waals surface area contributed by atoms with Crippen LogP contribution in [0.25, 0.3) is 0 Å². The Balaban J connectivity index is 1.83. The normalized spacial score (nSPS) is 21.9. The Morgan fingerprint density at radius 3 is 2.75 bits per heavy atom. The number of hydrogen-bond acceptors (Lipinski definition) is 5. The number of aromatic nitrogens is 1. The van der Waals surface area contributed by atoms with Gasteiger partial charge in [-0.1, -0.05) is 6.07 Å². The number of anilines is 1. The van der Waals surface area contributed by atoms with Crippen molar-refractivity contribution < 1.29 is 9.53 Å². The van der Waals surface area contributed by atoms with Gasteiger partial charge in [0, 0.05) is 44.5 Å². The summed E-state index contributed by atoms with van der Waals surface area (Å²) in [5, 5.41) is 3.37. The predicted octanol–water partition coefficient (Wildman–Crippen LogP) is 2.56. The summed E-state index contributed by atoms with van der Waals surface area (Å²) < 4.78 is 5.60. The highest BCUT2D eigenvalue weighted by Gasteiger charge is 2.35. The number of pyridine rings is 1. The molecule has 2 aliphatic rings. The van der Waals surface area contributed by atoms with Crippen LogP contribution in [0.4, 0.5) is 10.6 Å². The molecule has 1 N–H and O–H groups in total. The second-order valence-electron chi connectivity index (χ2n) is 7.49. The summed E-state index contributed by atoms with van der Waals surface area (Å²) in [6.45, 7) is 10.3. The lowest BCUT2D eigenvalue weighted by Gasteiger charge is -2.33. The van der Waals surface area contributed by atoms with Gasteiger partial charge in [-0.05, 0) is 39.7 Å². The van der Waals surface area contributed by atoms with E-state index in [0.29, 0.717) is 0 Å². The topological polar surface area (TPSA) is 57.7 Å². The molecule has 1 amide bonds. The van der Waals surface area contributed by atoms with E-state index in [2.05, 4.69) is 21.3 Å². The maximum absolute atomic E-state index is 12.6. The van der Waals surface area contributed by atoms with Gasteiger partial charge in [0.15, 0.2) is 0 Å². The summed E-state index contributed by atoms with van der Waals surface area (Å²) in [6.07, 6.45) is 3.58. The Hall–Kier alpha value is -1.82. The van der Waals surface area contributed by atoms with E-state index in [1.807, 2.05) is 37.9 Å². The monoisotopic (exact) mass is 332 g/mol. The summed E-state index contributed by atoms with van der Waals surface area (Å²) in [6, 6.07) is 4.13. The Labute approximate surface area is 144 Å². The Morgan fingerprint density at radius 2 is 2.04 bits per heavy atom.